The minimum absolute atomic E-state index is 0.268. The summed E-state index contributed by atoms with van der Waals surface area (Å²) >= 11 is 0. The van der Waals surface area contributed by atoms with Gasteiger partial charge in [0.25, 0.3) is 0 Å². The Hall–Kier alpha value is -7.59. The number of rotatable bonds is 5. The highest BCUT2D eigenvalue weighted by Crippen LogP contribution is 2.45. The van der Waals surface area contributed by atoms with Crippen LogP contribution in [0.4, 0.5) is 0 Å². The number of nitrogens with zero attached hydrogens (tertiary/aromatic N) is 5. The van der Waals surface area contributed by atoms with Crippen molar-refractivity contribution in [1.82, 2.24) is 9.13 Å². The Labute approximate surface area is 298 Å². The zero-order valence-corrected chi connectivity index (χ0v) is 28.1. The van der Waals surface area contributed by atoms with Crippen molar-refractivity contribution in [3.8, 4) is 40.7 Å². The van der Waals surface area contributed by atoms with Crippen molar-refractivity contribution in [3.05, 3.63) is 156 Å². The summed E-state index contributed by atoms with van der Waals surface area (Å²) in [5.74, 6) is 0.710. The van der Waals surface area contributed by atoms with Gasteiger partial charge in [0, 0.05) is 43.6 Å². The maximum Gasteiger partial charge on any atom is 0.160 e. The number of aromatic nitrogens is 2. The van der Waals surface area contributed by atoms with Crippen LogP contribution in [0.15, 0.2) is 132 Å². The van der Waals surface area contributed by atoms with Gasteiger partial charge in [-0.3, -0.25) is 0 Å². The highest BCUT2D eigenvalue weighted by Gasteiger charge is 2.26. The highest BCUT2D eigenvalue weighted by molar-refractivity contribution is 6.19. The molecule has 6 heteroatoms. The topological polar surface area (TPSA) is 94.4 Å². The molecule has 6 aromatic carbocycles. The lowest BCUT2D eigenvalue weighted by Crippen LogP contribution is -2.05. The van der Waals surface area contributed by atoms with E-state index >= 15 is 0 Å². The molecular weight excluding hydrogens is 639 g/mol. The summed E-state index contributed by atoms with van der Waals surface area (Å²) in [6.45, 7) is 6.05. The molecule has 0 radical (unpaired) electrons. The molecule has 3 aromatic heterocycles. The van der Waals surface area contributed by atoms with Crippen LogP contribution in [-0.4, -0.2) is 9.13 Å². The van der Waals surface area contributed by atoms with Crippen LogP contribution in [0.3, 0.4) is 0 Å². The van der Waals surface area contributed by atoms with E-state index in [1.807, 2.05) is 91.9 Å². The molecule has 0 bridgehead atoms. The van der Waals surface area contributed by atoms with Crippen LogP contribution < -0.4 is 0 Å². The quantitative estimate of drug-likeness (QED) is 0.183. The molecule has 0 aliphatic rings. The summed E-state index contributed by atoms with van der Waals surface area (Å²) in [5.41, 5.74) is 9.07. The average molecular weight is 666 g/mol. The lowest BCUT2D eigenvalue weighted by molar-refractivity contribution is 0.605. The fourth-order valence-corrected chi connectivity index (χ4v) is 7.80. The molecule has 0 saturated carbocycles. The fraction of sp³-hybridized carbons (Fsp3) is 0.0217. The van der Waals surface area contributed by atoms with Gasteiger partial charge >= 0.3 is 0 Å². The van der Waals surface area contributed by atoms with E-state index in [0.717, 1.165) is 71.4 Å². The van der Waals surface area contributed by atoms with Crippen LogP contribution in [0, 0.1) is 34.0 Å². The molecule has 242 valence electrons. The second-order valence-electron chi connectivity index (χ2n) is 12.6. The normalized spacial score (nSPS) is 11.5. The van der Waals surface area contributed by atoms with E-state index in [0.29, 0.717) is 22.6 Å². The van der Waals surface area contributed by atoms with Crippen LogP contribution in [0.5, 0.6) is 0 Å². The van der Waals surface area contributed by atoms with E-state index < -0.39 is 0 Å². The SMILES string of the molecule is C=Cc1c(/C=C\C)oc2c1ccc1c3ccccc3n(-c3cc(C#N)ccc3-c3ccc(C#N)c(C#N)c3-n3c4ccccc4c4ccccc43)c12. The molecular formula is C46H27N5O. The summed E-state index contributed by atoms with van der Waals surface area (Å²) in [4.78, 5) is 0. The predicted octanol–water partition coefficient (Wildman–Crippen LogP) is 11.6. The van der Waals surface area contributed by atoms with Gasteiger partial charge in [0.05, 0.1) is 56.2 Å². The molecule has 9 aromatic rings. The summed E-state index contributed by atoms with van der Waals surface area (Å²) in [6, 6.07) is 44.9. The van der Waals surface area contributed by atoms with Crippen LogP contribution in [-0.2, 0) is 0 Å². The Morgan fingerprint density at radius 1 is 0.635 bits per heavy atom. The molecule has 52 heavy (non-hydrogen) atoms. The number of furan rings is 1. The standard InChI is InChI=1S/C46H27N5O/c1-3-11-43-30(4-2)37-23-22-36-33-14-7-10-17-41(33)51(45(36)46(37)52-43)42-24-28(25-47)18-20-34(42)35-21-19-29(26-48)38(27-49)44(35)50-39-15-8-5-12-31(39)32-13-6-9-16-40(32)50/h3-24H,2H2,1H3/b11-3-. The van der Waals surface area contributed by atoms with E-state index in [1.54, 1.807) is 12.1 Å². The van der Waals surface area contributed by atoms with Gasteiger partial charge < -0.3 is 13.6 Å². The summed E-state index contributed by atoms with van der Waals surface area (Å²) in [6.07, 6.45) is 5.70. The third kappa shape index (κ3) is 4.21. The van der Waals surface area contributed by atoms with Gasteiger partial charge in [-0.2, -0.15) is 15.8 Å². The van der Waals surface area contributed by atoms with Gasteiger partial charge in [0.15, 0.2) is 5.58 Å². The lowest BCUT2D eigenvalue weighted by atomic mass is 9.94. The number of fused-ring (bicyclic) bond motifs is 8. The molecule has 6 nitrogen and oxygen atoms in total. The smallest absolute Gasteiger partial charge is 0.160 e. The molecule has 0 atom stereocenters. The lowest BCUT2D eigenvalue weighted by Gasteiger charge is -2.20. The van der Waals surface area contributed by atoms with E-state index in [-0.39, 0.29) is 11.1 Å². The van der Waals surface area contributed by atoms with Gasteiger partial charge in [-0.15, -0.1) is 0 Å². The first-order valence-corrected chi connectivity index (χ1v) is 16.9. The van der Waals surface area contributed by atoms with Crippen LogP contribution in [0.1, 0.15) is 34.9 Å². The third-order valence-corrected chi connectivity index (χ3v) is 9.95. The molecule has 0 aliphatic carbocycles. The first-order chi connectivity index (χ1) is 25.6. The van der Waals surface area contributed by atoms with Gasteiger partial charge in [-0.1, -0.05) is 91.5 Å². The van der Waals surface area contributed by atoms with Gasteiger partial charge in [-0.25, -0.2) is 0 Å². The zero-order valence-electron chi connectivity index (χ0n) is 28.1. The van der Waals surface area contributed by atoms with Crippen molar-refractivity contribution in [2.24, 2.45) is 0 Å². The van der Waals surface area contributed by atoms with Crippen LogP contribution in [0.2, 0.25) is 0 Å². The van der Waals surface area contributed by atoms with E-state index in [9.17, 15) is 15.8 Å². The Balaban J connectivity index is 1.48. The zero-order chi connectivity index (χ0) is 35.5. The van der Waals surface area contributed by atoms with Gasteiger partial charge in [0.2, 0.25) is 0 Å². The molecule has 0 N–H and O–H groups in total. The van der Waals surface area contributed by atoms with Gasteiger partial charge in [-0.05, 0) is 55.5 Å². The molecule has 3 heterocycles. The number of para-hydroxylation sites is 3. The number of hydrogen-bond acceptors (Lipinski definition) is 4. The number of nitriles is 3. The summed E-state index contributed by atoms with van der Waals surface area (Å²) in [5, 5.41) is 36.3. The molecule has 0 unspecified atom stereocenters. The number of hydrogen-bond donors (Lipinski definition) is 0. The van der Waals surface area contributed by atoms with Crippen molar-refractivity contribution in [1.29, 1.82) is 15.8 Å². The van der Waals surface area contributed by atoms with Gasteiger partial charge in [0.1, 0.15) is 17.9 Å². The first-order valence-electron chi connectivity index (χ1n) is 16.9. The Kier molecular flexibility index (Phi) is 6.90. The molecule has 0 saturated heterocycles. The minimum atomic E-state index is 0.268. The van der Waals surface area contributed by atoms with E-state index in [1.165, 1.54) is 0 Å². The van der Waals surface area contributed by atoms with Crippen molar-refractivity contribution in [3.63, 3.8) is 0 Å². The molecule has 0 spiro atoms. The second-order valence-corrected chi connectivity index (χ2v) is 12.6. The summed E-state index contributed by atoms with van der Waals surface area (Å²) < 4.78 is 10.9. The molecule has 0 aliphatic heterocycles. The maximum atomic E-state index is 10.8. The predicted molar refractivity (Wildman–Crippen MR) is 209 cm³/mol. The average Bonchev–Trinajstić information content (AvgIpc) is 3.84. The fourth-order valence-electron chi connectivity index (χ4n) is 7.80. The number of benzene rings is 6. The first kappa shape index (κ1) is 30.5. The van der Waals surface area contributed by atoms with Crippen molar-refractivity contribution < 1.29 is 4.42 Å². The Morgan fingerprint density at radius 2 is 1.25 bits per heavy atom. The largest absolute Gasteiger partial charge is 0.454 e. The van der Waals surface area contributed by atoms with Crippen molar-refractivity contribution >= 4 is 66.7 Å². The molecule has 0 amide bonds. The maximum absolute atomic E-state index is 10.8. The van der Waals surface area contributed by atoms with Crippen molar-refractivity contribution in [2.45, 2.75) is 6.92 Å². The molecule has 0 fully saturated rings. The summed E-state index contributed by atoms with van der Waals surface area (Å²) in [7, 11) is 0. The minimum Gasteiger partial charge on any atom is -0.454 e. The van der Waals surface area contributed by atoms with Crippen LogP contribution >= 0.6 is 0 Å². The monoisotopic (exact) mass is 665 g/mol. The van der Waals surface area contributed by atoms with E-state index in [2.05, 4.69) is 70.3 Å². The molecule has 9 rings (SSSR count). The Bertz CT molecular complexity index is 3090. The second kappa shape index (κ2) is 11.8. The van der Waals surface area contributed by atoms with Crippen molar-refractivity contribution in [2.75, 3.05) is 0 Å². The van der Waals surface area contributed by atoms with Crippen LogP contribution in [0.25, 0.3) is 89.2 Å². The number of allylic oxidation sites excluding steroid dienone is 1. The van der Waals surface area contributed by atoms with E-state index in [4.69, 9.17) is 4.42 Å². The third-order valence-electron chi connectivity index (χ3n) is 9.95. The Morgan fingerprint density at radius 3 is 1.87 bits per heavy atom. The highest BCUT2D eigenvalue weighted by atomic mass is 16.3.